The number of ether oxygens (including phenoxy) is 2. The van der Waals surface area contributed by atoms with Crippen LogP contribution in [-0.4, -0.2) is 18.0 Å². The van der Waals surface area contributed by atoms with Crippen molar-refractivity contribution in [2.24, 2.45) is 0 Å². The van der Waals surface area contributed by atoms with Gasteiger partial charge in [0.05, 0.1) is 19.2 Å². The fourth-order valence-corrected chi connectivity index (χ4v) is 3.17. The van der Waals surface area contributed by atoms with Gasteiger partial charge in [0.25, 0.3) is 0 Å². The van der Waals surface area contributed by atoms with E-state index in [1.807, 2.05) is 41.8 Å². The van der Waals surface area contributed by atoms with Crippen molar-refractivity contribution < 1.29 is 14.3 Å². The highest BCUT2D eigenvalue weighted by atomic mass is 35.5. The molecule has 0 spiro atoms. The Labute approximate surface area is 166 Å². The van der Waals surface area contributed by atoms with Crippen LogP contribution in [0.15, 0.2) is 53.9 Å². The van der Waals surface area contributed by atoms with Crippen molar-refractivity contribution >= 4 is 28.8 Å². The molecular formula is C20H19ClN2O3S. The normalized spacial score (nSPS) is 10.4. The van der Waals surface area contributed by atoms with Crippen molar-refractivity contribution in [1.82, 2.24) is 10.3 Å². The van der Waals surface area contributed by atoms with E-state index >= 15 is 0 Å². The number of hydrogen-bond donors (Lipinski definition) is 1. The third-order valence-corrected chi connectivity index (χ3v) is 4.89. The maximum absolute atomic E-state index is 12.1. The van der Waals surface area contributed by atoms with E-state index < -0.39 is 0 Å². The van der Waals surface area contributed by atoms with E-state index in [9.17, 15) is 4.79 Å². The second-order valence-corrected chi connectivity index (χ2v) is 7.16. The minimum absolute atomic E-state index is 0.0683. The predicted octanol–water partition coefficient (Wildman–Crippen LogP) is 4.24. The van der Waals surface area contributed by atoms with E-state index in [1.54, 1.807) is 19.2 Å². The van der Waals surface area contributed by atoms with Gasteiger partial charge in [-0.05, 0) is 42.0 Å². The van der Waals surface area contributed by atoms with Crippen LogP contribution in [0, 0.1) is 0 Å². The molecule has 0 aliphatic carbocycles. The number of hydrogen-bond acceptors (Lipinski definition) is 5. The molecule has 0 fully saturated rings. The average molecular weight is 403 g/mol. The quantitative estimate of drug-likeness (QED) is 0.612. The summed E-state index contributed by atoms with van der Waals surface area (Å²) in [6.45, 7) is 0.833. The molecule has 1 amide bonds. The highest BCUT2D eigenvalue weighted by molar-refractivity contribution is 7.09. The SMILES string of the molecule is COc1ccc(CNC(=O)Cc2csc(COc3ccc(Cl)cc3)n2)cc1. The van der Waals surface area contributed by atoms with Gasteiger partial charge in [0.1, 0.15) is 23.1 Å². The van der Waals surface area contributed by atoms with E-state index in [1.165, 1.54) is 11.3 Å². The first-order chi connectivity index (χ1) is 13.1. The molecule has 0 unspecified atom stereocenters. The molecule has 2 aromatic carbocycles. The van der Waals surface area contributed by atoms with E-state index in [4.69, 9.17) is 21.1 Å². The summed E-state index contributed by atoms with van der Waals surface area (Å²) < 4.78 is 10.8. The van der Waals surface area contributed by atoms with Crippen LogP contribution in [0.1, 0.15) is 16.3 Å². The summed E-state index contributed by atoms with van der Waals surface area (Å²) in [5, 5.41) is 6.27. The van der Waals surface area contributed by atoms with Gasteiger partial charge in [0, 0.05) is 16.9 Å². The first kappa shape index (κ1) is 19.2. The molecule has 0 radical (unpaired) electrons. The van der Waals surface area contributed by atoms with Crippen LogP contribution in [0.4, 0.5) is 0 Å². The molecule has 3 aromatic rings. The molecule has 0 aliphatic heterocycles. The van der Waals surface area contributed by atoms with Crippen LogP contribution in [0.25, 0.3) is 0 Å². The van der Waals surface area contributed by atoms with Crippen LogP contribution < -0.4 is 14.8 Å². The number of aromatic nitrogens is 1. The zero-order valence-corrected chi connectivity index (χ0v) is 16.3. The van der Waals surface area contributed by atoms with Gasteiger partial charge in [-0.2, -0.15) is 0 Å². The Morgan fingerprint density at radius 2 is 1.81 bits per heavy atom. The predicted molar refractivity (Wildman–Crippen MR) is 106 cm³/mol. The molecule has 3 rings (SSSR count). The third-order valence-electron chi connectivity index (χ3n) is 3.77. The summed E-state index contributed by atoms with van der Waals surface area (Å²) in [7, 11) is 1.62. The molecule has 0 aliphatic rings. The molecule has 0 saturated carbocycles. The van der Waals surface area contributed by atoms with E-state index in [0.717, 1.165) is 27.8 Å². The maximum Gasteiger partial charge on any atom is 0.226 e. The Bertz CT molecular complexity index is 879. The molecule has 1 heterocycles. The second kappa shape index (κ2) is 9.39. The second-order valence-electron chi connectivity index (χ2n) is 5.78. The number of halogens is 1. The standard InChI is InChI=1S/C20H19ClN2O3S/c1-25-17-6-2-14(3-7-17)11-22-19(24)10-16-13-27-20(23-16)12-26-18-8-4-15(21)5-9-18/h2-9,13H,10-12H2,1H3,(H,22,24). The Hall–Kier alpha value is -2.57. The van der Waals surface area contributed by atoms with E-state index in [2.05, 4.69) is 10.3 Å². The first-order valence-electron chi connectivity index (χ1n) is 8.33. The summed E-state index contributed by atoms with van der Waals surface area (Å²) in [6, 6.07) is 14.8. The van der Waals surface area contributed by atoms with Crippen molar-refractivity contribution in [2.45, 2.75) is 19.6 Å². The van der Waals surface area contributed by atoms with Gasteiger partial charge in [-0.3, -0.25) is 4.79 Å². The van der Waals surface area contributed by atoms with Crippen LogP contribution in [0.2, 0.25) is 5.02 Å². The Morgan fingerprint density at radius 1 is 1.11 bits per heavy atom. The molecule has 140 valence electrons. The van der Waals surface area contributed by atoms with Crippen LogP contribution in [-0.2, 0) is 24.4 Å². The molecule has 0 bridgehead atoms. The Balaban J connectivity index is 1.44. The van der Waals surface area contributed by atoms with Gasteiger partial charge in [-0.15, -0.1) is 11.3 Å². The molecule has 7 heteroatoms. The monoisotopic (exact) mass is 402 g/mol. The summed E-state index contributed by atoms with van der Waals surface area (Å²) in [6.07, 6.45) is 0.244. The van der Waals surface area contributed by atoms with Crippen LogP contribution in [0.5, 0.6) is 11.5 Å². The highest BCUT2D eigenvalue weighted by Gasteiger charge is 2.08. The minimum atomic E-state index is -0.0683. The van der Waals surface area contributed by atoms with E-state index in [-0.39, 0.29) is 12.3 Å². The fourth-order valence-electron chi connectivity index (χ4n) is 2.34. The highest BCUT2D eigenvalue weighted by Crippen LogP contribution is 2.18. The lowest BCUT2D eigenvalue weighted by Gasteiger charge is -2.05. The average Bonchev–Trinajstić information content (AvgIpc) is 3.13. The smallest absolute Gasteiger partial charge is 0.226 e. The van der Waals surface area contributed by atoms with E-state index in [0.29, 0.717) is 18.2 Å². The number of thiazole rings is 1. The Kier molecular flexibility index (Phi) is 6.68. The Morgan fingerprint density at radius 3 is 2.52 bits per heavy atom. The molecule has 5 nitrogen and oxygen atoms in total. The summed E-state index contributed by atoms with van der Waals surface area (Å²) in [5.41, 5.74) is 1.75. The van der Waals surface area contributed by atoms with Crippen LogP contribution >= 0.6 is 22.9 Å². The van der Waals surface area contributed by atoms with Crippen molar-refractivity contribution in [2.75, 3.05) is 7.11 Å². The van der Waals surface area contributed by atoms with Crippen molar-refractivity contribution in [3.05, 3.63) is 75.2 Å². The van der Waals surface area contributed by atoms with Gasteiger partial charge in [0.15, 0.2) is 0 Å². The molecule has 0 saturated heterocycles. The summed E-state index contributed by atoms with van der Waals surface area (Å²) in [4.78, 5) is 16.6. The lowest BCUT2D eigenvalue weighted by atomic mass is 10.2. The lowest BCUT2D eigenvalue weighted by molar-refractivity contribution is -0.120. The van der Waals surface area contributed by atoms with Gasteiger partial charge < -0.3 is 14.8 Å². The third kappa shape index (κ3) is 5.98. The number of methoxy groups -OCH3 is 1. The summed E-state index contributed by atoms with van der Waals surface area (Å²) in [5.74, 6) is 1.45. The van der Waals surface area contributed by atoms with Gasteiger partial charge >= 0.3 is 0 Å². The minimum Gasteiger partial charge on any atom is -0.497 e. The topological polar surface area (TPSA) is 60.5 Å². The van der Waals surface area contributed by atoms with Gasteiger partial charge in [-0.25, -0.2) is 4.98 Å². The van der Waals surface area contributed by atoms with Crippen LogP contribution in [0.3, 0.4) is 0 Å². The maximum atomic E-state index is 12.1. The number of rotatable bonds is 8. The number of benzene rings is 2. The van der Waals surface area contributed by atoms with Gasteiger partial charge in [0.2, 0.25) is 5.91 Å². The lowest BCUT2D eigenvalue weighted by Crippen LogP contribution is -2.24. The number of nitrogens with zero attached hydrogens (tertiary/aromatic N) is 1. The first-order valence-corrected chi connectivity index (χ1v) is 9.59. The number of nitrogens with one attached hydrogen (secondary N) is 1. The molecule has 27 heavy (non-hydrogen) atoms. The van der Waals surface area contributed by atoms with Crippen molar-refractivity contribution in [3.63, 3.8) is 0 Å². The molecule has 0 atom stereocenters. The van der Waals surface area contributed by atoms with Crippen molar-refractivity contribution in [3.8, 4) is 11.5 Å². The zero-order valence-electron chi connectivity index (χ0n) is 14.8. The molecule has 1 N–H and O–H groups in total. The number of carbonyl (C=O) groups is 1. The van der Waals surface area contributed by atoms with Gasteiger partial charge in [-0.1, -0.05) is 23.7 Å². The largest absolute Gasteiger partial charge is 0.497 e. The van der Waals surface area contributed by atoms with Crippen molar-refractivity contribution in [1.29, 1.82) is 0 Å². The molecular weight excluding hydrogens is 384 g/mol. The number of carbonyl (C=O) groups excluding carboxylic acids is 1. The molecule has 1 aromatic heterocycles. The number of amides is 1. The fraction of sp³-hybridized carbons (Fsp3) is 0.200. The summed E-state index contributed by atoms with van der Waals surface area (Å²) >= 11 is 7.33. The zero-order chi connectivity index (χ0) is 19.1.